The van der Waals surface area contributed by atoms with Crippen molar-refractivity contribution in [1.82, 2.24) is 0 Å². The van der Waals surface area contributed by atoms with Crippen LogP contribution in [0.5, 0.6) is 5.75 Å². The van der Waals surface area contributed by atoms with E-state index in [-0.39, 0.29) is 6.10 Å². The van der Waals surface area contributed by atoms with Gasteiger partial charge >= 0.3 is 0 Å². The van der Waals surface area contributed by atoms with Crippen LogP contribution in [0, 0.1) is 0 Å². The maximum atomic E-state index is 6.02. The van der Waals surface area contributed by atoms with Crippen LogP contribution in [0.25, 0.3) is 0 Å². The molecule has 0 spiro atoms. The van der Waals surface area contributed by atoms with E-state index >= 15 is 0 Å². The molecule has 0 radical (unpaired) electrons. The van der Waals surface area contributed by atoms with Crippen molar-refractivity contribution in [2.45, 2.75) is 13.0 Å². The molecule has 16 heavy (non-hydrogen) atoms. The monoisotopic (exact) mass is 259 g/mol. The summed E-state index contributed by atoms with van der Waals surface area (Å²) in [4.78, 5) is 0.318. The third-order valence-corrected chi connectivity index (χ3v) is 2.62. The minimum Gasteiger partial charge on any atom is -0.489 e. The van der Waals surface area contributed by atoms with Crippen LogP contribution in [0.4, 0.5) is 0 Å². The number of hydrogen-bond donors (Lipinski definition) is 1. The third kappa shape index (κ3) is 3.63. The summed E-state index contributed by atoms with van der Waals surface area (Å²) in [6.07, 6.45) is 0.0197. The maximum Gasteiger partial charge on any atom is 0.138 e. The van der Waals surface area contributed by atoms with Crippen LogP contribution < -0.4 is 10.5 Å². The maximum absolute atomic E-state index is 6.02. The van der Waals surface area contributed by atoms with Gasteiger partial charge in [-0.25, -0.2) is 0 Å². The largest absolute Gasteiger partial charge is 0.489 e. The Morgan fingerprint density at radius 1 is 1.56 bits per heavy atom. The Bertz CT molecular complexity index is 384. The lowest BCUT2D eigenvalue weighted by atomic mass is 10.2. The lowest BCUT2D eigenvalue weighted by Crippen LogP contribution is -2.16. The fourth-order valence-electron chi connectivity index (χ4n) is 1.05. The van der Waals surface area contributed by atoms with E-state index in [2.05, 4.69) is 0 Å². The molecule has 1 aromatic rings. The summed E-state index contributed by atoms with van der Waals surface area (Å²) in [6.45, 7) is 2.36. The van der Waals surface area contributed by atoms with Crippen molar-refractivity contribution in [2.75, 3.05) is 13.7 Å². The van der Waals surface area contributed by atoms with E-state index in [9.17, 15) is 0 Å². The molecule has 0 heterocycles. The molecular weight excluding hydrogens is 246 g/mol. The highest BCUT2D eigenvalue weighted by Gasteiger charge is 2.06. The molecule has 3 nitrogen and oxygen atoms in total. The molecule has 0 aliphatic carbocycles. The predicted molar refractivity (Wildman–Crippen MR) is 69.3 cm³/mol. The fourth-order valence-corrected chi connectivity index (χ4v) is 1.41. The molecule has 0 aliphatic rings. The predicted octanol–water partition coefficient (Wildman–Crippen LogP) is 2.39. The number of ether oxygens (including phenoxy) is 2. The number of methoxy groups -OCH3 is 1. The van der Waals surface area contributed by atoms with Crippen molar-refractivity contribution in [1.29, 1.82) is 0 Å². The van der Waals surface area contributed by atoms with E-state index in [1.165, 1.54) is 0 Å². The Morgan fingerprint density at radius 3 is 2.75 bits per heavy atom. The molecule has 0 aromatic heterocycles. The smallest absolute Gasteiger partial charge is 0.138 e. The zero-order chi connectivity index (χ0) is 12.1. The van der Waals surface area contributed by atoms with Crippen molar-refractivity contribution in [3.05, 3.63) is 28.8 Å². The second kappa shape index (κ2) is 6.03. The van der Waals surface area contributed by atoms with Crippen molar-refractivity contribution >= 4 is 28.8 Å². The van der Waals surface area contributed by atoms with Crippen LogP contribution in [-0.4, -0.2) is 24.8 Å². The summed E-state index contributed by atoms with van der Waals surface area (Å²) in [6, 6.07) is 5.22. The first-order valence-corrected chi connectivity index (χ1v) is 5.58. The van der Waals surface area contributed by atoms with Crippen molar-refractivity contribution in [3.8, 4) is 5.75 Å². The zero-order valence-corrected chi connectivity index (χ0v) is 10.8. The average Bonchev–Trinajstić information content (AvgIpc) is 2.26. The van der Waals surface area contributed by atoms with Gasteiger partial charge in [-0.2, -0.15) is 0 Å². The average molecular weight is 260 g/mol. The van der Waals surface area contributed by atoms with Crippen LogP contribution in [0.1, 0.15) is 12.5 Å². The lowest BCUT2D eigenvalue weighted by Gasteiger charge is -2.12. The number of nitrogens with two attached hydrogens (primary N) is 1. The Kier molecular flexibility index (Phi) is 4.99. The Labute approximate surface area is 105 Å². The van der Waals surface area contributed by atoms with E-state index in [1.807, 2.05) is 6.92 Å². The van der Waals surface area contributed by atoms with Crippen LogP contribution in [0.3, 0.4) is 0 Å². The minimum atomic E-state index is 0.0197. The van der Waals surface area contributed by atoms with Gasteiger partial charge in [0.1, 0.15) is 17.3 Å². The quantitative estimate of drug-likeness (QED) is 0.825. The molecule has 1 unspecified atom stereocenters. The molecule has 1 aromatic carbocycles. The normalized spacial score (nSPS) is 12.2. The summed E-state index contributed by atoms with van der Waals surface area (Å²) < 4.78 is 10.5. The van der Waals surface area contributed by atoms with Crippen LogP contribution >= 0.6 is 23.8 Å². The van der Waals surface area contributed by atoms with Crippen molar-refractivity contribution in [3.63, 3.8) is 0 Å². The van der Waals surface area contributed by atoms with E-state index in [4.69, 9.17) is 39.0 Å². The van der Waals surface area contributed by atoms with Crippen LogP contribution in [0.15, 0.2) is 18.2 Å². The molecule has 88 valence electrons. The van der Waals surface area contributed by atoms with E-state index < -0.39 is 0 Å². The molecule has 0 aliphatic heterocycles. The summed E-state index contributed by atoms with van der Waals surface area (Å²) in [5, 5.41) is 0.494. The topological polar surface area (TPSA) is 44.5 Å². The second-order valence-electron chi connectivity index (χ2n) is 3.37. The lowest BCUT2D eigenvalue weighted by molar-refractivity contribution is 0.0717. The minimum absolute atomic E-state index is 0.0197. The molecule has 0 fully saturated rings. The molecule has 2 N–H and O–H groups in total. The van der Waals surface area contributed by atoms with Gasteiger partial charge in [0.05, 0.1) is 11.1 Å². The number of thiocarbonyl (C=S) groups is 1. The van der Waals surface area contributed by atoms with Gasteiger partial charge in [-0.3, -0.25) is 0 Å². The highest BCUT2D eigenvalue weighted by atomic mass is 35.5. The Hall–Kier alpha value is -0.840. The first-order chi connectivity index (χ1) is 7.54. The van der Waals surface area contributed by atoms with Crippen LogP contribution in [0.2, 0.25) is 5.02 Å². The highest BCUT2D eigenvalue weighted by Crippen LogP contribution is 2.25. The molecule has 0 amide bonds. The van der Waals surface area contributed by atoms with Gasteiger partial charge in [0.15, 0.2) is 0 Å². The molecule has 1 atom stereocenters. The van der Waals surface area contributed by atoms with E-state index in [0.717, 1.165) is 5.56 Å². The van der Waals surface area contributed by atoms with Crippen molar-refractivity contribution < 1.29 is 9.47 Å². The van der Waals surface area contributed by atoms with Gasteiger partial charge in [0, 0.05) is 12.7 Å². The molecular formula is C11H14ClNO2S. The molecule has 0 bridgehead atoms. The van der Waals surface area contributed by atoms with Crippen LogP contribution in [-0.2, 0) is 4.74 Å². The first-order valence-electron chi connectivity index (χ1n) is 4.79. The molecule has 5 heteroatoms. The van der Waals surface area contributed by atoms with Gasteiger partial charge < -0.3 is 15.2 Å². The SMILES string of the molecule is COC(C)COc1ccc(C(N)=S)cc1Cl. The van der Waals surface area contributed by atoms with Gasteiger partial charge in [-0.05, 0) is 25.1 Å². The Morgan fingerprint density at radius 2 is 2.25 bits per heavy atom. The molecule has 0 saturated carbocycles. The van der Waals surface area contributed by atoms with Gasteiger partial charge in [0.25, 0.3) is 0 Å². The number of rotatable bonds is 5. The highest BCUT2D eigenvalue weighted by molar-refractivity contribution is 7.80. The summed E-state index contributed by atoms with van der Waals surface area (Å²) >= 11 is 10.9. The van der Waals surface area contributed by atoms with Gasteiger partial charge in [0.2, 0.25) is 0 Å². The molecule has 1 rings (SSSR count). The van der Waals surface area contributed by atoms with Gasteiger partial charge in [-0.1, -0.05) is 23.8 Å². The molecule has 0 saturated heterocycles. The zero-order valence-electron chi connectivity index (χ0n) is 9.20. The number of halogens is 1. The van der Waals surface area contributed by atoms with Crippen molar-refractivity contribution in [2.24, 2.45) is 5.73 Å². The summed E-state index contributed by atoms with van der Waals surface area (Å²) in [7, 11) is 1.63. The first kappa shape index (κ1) is 13.2. The standard InChI is InChI=1S/C11H14ClNO2S/c1-7(14-2)6-15-10-4-3-8(11(13)16)5-9(10)12/h3-5,7H,6H2,1-2H3,(H2,13,16). The summed E-state index contributed by atoms with van der Waals surface area (Å²) in [5.41, 5.74) is 6.22. The van der Waals surface area contributed by atoms with Gasteiger partial charge in [-0.15, -0.1) is 0 Å². The second-order valence-corrected chi connectivity index (χ2v) is 4.21. The Balaban J connectivity index is 2.72. The third-order valence-electron chi connectivity index (χ3n) is 2.09. The number of hydrogen-bond acceptors (Lipinski definition) is 3. The van der Waals surface area contributed by atoms with E-state index in [0.29, 0.717) is 22.4 Å². The fraction of sp³-hybridized carbons (Fsp3) is 0.364. The van der Waals surface area contributed by atoms with E-state index in [1.54, 1.807) is 25.3 Å². The summed E-state index contributed by atoms with van der Waals surface area (Å²) in [5.74, 6) is 0.602. The number of benzene rings is 1.